The summed E-state index contributed by atoms with van der Waals surface area (Å²) in [5, 5.41) is 18.8. The molecule has 3 rings (SSSR count). The van der Waals surface area contributed by atoms with Crippen molar-refractivity contribution in [1.29, 1.82) is 0 Å². The van der Waals surface area contributed by atoms with E-state index < -0.39 is 4.92 Å². The third-order valence-corrected chi connectivity index (χ3v) is 4.49. The van der Waals surface area contributed by atoms with Gasteiger partial charge in [0.25, 0.3) is 11.6 Å². The fourth-order valence-corrected chi connectivity index (χ4v) is 3.02. The van der Waals surface area contributed by atoms with E-state index in [0.29, 0.717) is 24.8 Å². The maximum absolute atomic E-state index is 12.7. The number of methoxy groups -OCH3 is 1. The summed E-state index contributed by atoms with van der Waals surface area (Å²) < 4.78 is 10.8. The lowest BCUT2D eigenvalue weighted by atomic mass is 10.1. The molecule has 27 heavy (non-hydrogen) atoms. The van der Waals surface area contributed by atoms with E-state index in [-0.39, 0.29) is 28.3 Å². The Labute approximate surface area is 160 Å². The number of hydrogen-bond donors (Lipinski definition) is 0. The van der Waals surface area contributed by atoms with Crippen LogP contribution in [-0.4, -0.2) is 52.2 Å². The number of carbonyl (C=O) groups is 1. The summed E-state index contributed by atoms with van der Waals surface area (Å²) in [6.07, 6.45) is 1.26. The molecule has 1 aliphatic rings. The second-order valence-corrected chi connectivity index (χ2v) is 6.38. The third-order valence-electron chi connectivity index (χ3n) is 4.17. The average molecular weight is 393 g/mol. The maximum Gasteiger partial charge on any atom is 0.288 e. The minimum atomic E-state index is -0.608. The molecule has 1 unspecified atom stereocenters. The molecule has 0 spiro atoms. The van der Waals surface area contributed by atoms with Gasteiger partial charge in [-0.1, -0.05) is 11.6 Å². The van der Waals surface area contributed by atoms with Gasteiger partial charge in [0.1, 0.15) is 11.1 Å². The van der Waals surface area contributed by atoms with Crippen LogP contribution in [0.4, 0.5) is 5.69 Å². The van der Waals surface area contributed by atoms with Gasteiger partial charge >= 0.3 is 0 Å². The molecule has 1 aliphatic heterocycles. The number of amides is 1. The van der Waals surface area contributed by atoms with Crippen LogP contribution < -0.4 is 9.47 Å². The number of nitro benzene ring substituents is 1. The van der Waals surface area contributed by atoms with Gasteiger partial charge in [-0.25, -0.2) is 0 Å². The summed E-state index contributed by atoms with van der Waals surface area (Å²) in [5.41, 5.74) is -0.0724. The van der Waals surface area contributed by atoms with Crippen LogP contribution in [0.2, 0.25) is 5.02 Å². The van der Waals surface area contributed by atoms with Gasteiger partial charge in [0, 0.05) is 30.3 Å². The molecule has 1 aromatic carbocycles. The van der Waals surface area contributed by atoms with Crippen LogP contribution in [0, 0.1) is 10.1 Å². The Kier molecular flexibility index (Phi) is 5.70. The Hall–Kier alpha value is -2.94. The Morgan fingerprint density at radius 3 is 2.70 bits per heavy atom. The maximum atomic E-state index is 12.7. The Morgan fingerprint density at radius 1 is 1.30 bits per heavy atom. The van der Waals surface area contributed by atoms with E-state index in [1.165, 1.54) is 25.3 Å². The van der Waals surface area contributed by atoms with Crippen LogP contribution in [0.1, 0.15) is 23.2 Å². The summed E-state index contributed by atoms with van der Waals surface area (Å²) in [5.74, 6) is 0.424. The molecule has 0 radical (unpaired) electrons. The molecule has 142 valence electrons. The van der Waals surface area contributed by atoms with Gasteiger partial charge in [-0.3, -0.25) is 14.9 Å². The molecule has 1 aromatic heterocycles. The van der Waals surface area contributed by atoms with Crippen molar-refractivity contribution in [3.05, 3.63) is 51.0 Å². The van der Waals surface area contributed by atoms with Crippen molar-refractivity contribution in [1.82, 2.24) is 15.1 Å². The molecule has 0 bridgehead atoms. The third kappa shape index (κ3) is 4.43. The number of halogens is 1. The van der Waals surface area contributed by atoms with Gasteiger partial charge < -0.3 is 14.4 Å². The highest BCUT2D eigenvalue weighted by atomic mass is 35.5. The number of rotatable bonds is 5. The van der Waals surface area contributed by atoms with E-state index in [0.717, 1.165) is 12.8 Å². The van der Waals surface area contributed by atoms with E-state index in [1.807, 2.05) is 0 Å². The molecule has 1 amide bonds. The van der Waals surface area contributed by atoms with Crippen molar-refractivity contribution >= 4 is 23.2 Å². The predicted molar refractivity (Wildman–Crippen MR) is 96.2 cm³/mol. The Bertz CT molecular complexity index is 846. The van der Waals surface area contributed by atoms with Gasteiger partial charge in [0.05, 0.1) is 18.6 Å². The Balaban J connectivity index is 1.69. The van der Waals surface area contributed by atoms with E-state index >= 15 is 0 Å². The molecule has 0 aliphatic carbocycles. The van der Waals surface area contributed by atoms with Crippen molar-refractivity contribution < 1.29 is 19.2 Å². The second-order valence-electron chi connectivity index (χ2n) is 5.97. The summed E-state index contributed by atoms with van der Waals surface area (Å²) in [6.45, 7) is 0.895. The fourth-order valence-electron chi connectivity index (χ4n) is 2.84. The quantitative estimate of drug-likeness (QED) is 0.568. The number of nitrogens with zero attached hydrogens (tertiary/aromatic N) is 4. The first-order valence-corrected chi connectivity index (χ1v) is 8.63. The van der Waals surface area contributed by atoms with E-state index in [1.54, 1.807) is 17.0 Å². The molecule has 0 saturated carbocycles. The SMILES string of the molecule is COc1ccc(OC2CCCN(C(=O)c3ccc(Cl)c([N+](=O)[O-])c3)C2)nn1. The highest BCUT2D eigenvalue weighted by Crippen LogP contribution is 2.26. The predicted octanol–water partition coefficient (Wildman–Crippen LogP) is 2.73. The van der Waals surface area contributed by atoms with Crippen molar-refractivity contribution in [3.63, 3.8) is 0 Å². The first kappa shape index (κ1) is 18.8. The molecular formula is C17H17ClN4O5. The van der Waals surface area contributed by atoms with Crippen molar-refractivity contribution in [2.24, 2.45) is 0 Å². The van der Waals surface area contributed by atoms with Gasteiger partial charge in [0.2, 0.25) is 11.8 Å². The number of ether oxygens (including phenoxy) is 2. The number of aromatic nitrogens is 2. The fraction of sp³-hybridized carbons (Fsp3) is 0.353. The summed E-state index contributed by atoms with van der Waals surface area (Å²) in [4.78, 5) is 24.8. The summed E-state index contributed by atoms with van der Waals surface area (Å²) >= 11 is 5.81. The molecule has 1 fully saturated rings. The van der Waals surface area contributed by atoms with Crippen molar-refractivity contribution in [2.45, 2.75) is 18.9 Å². The summed E-state index contributed by atoms with van der Waals surface area (Å²) in [6, 6.07) is 7.33. The smallest absolute Gasteiger partial charge is 0.288 e. The largest absolute Gasteiger partial charge is 0.480 e. The number of likely N-dealkylation sites (tertiary alicyclic amines) is 1. The first-order chi connectivity index (χ1) is 13.0. The molecule has 0 N–H and O–H groups in total. The number of hydrogen-bond acceptors (Lipinski definition) is 7. The minimum absolute atomic E-state index is 0.00511. The van der Waals surface area contributed by atoms with Gasteiger partial charge in [0.15, 0.2) is 0 Å². The molecular weight excluding hydrogens is 376 g/mol. The van der Waals surface area contributed by atoms with E-state index in [9.17, 15) is 14.9 Å². The number of nitro groups is 1. The lowest BCUT2D eigenvalue weighted by molar-refractivity contribution is -0.384. The van der Waals surface area contributed by atoms with Crippen LogP contribution in [0.25, 0.3) is 0 Å². The van der Waals surface area contributed by atoms with Gasteiger partial charge in [-0.05, 0) is 25.0 Å². The van der Waals surface area contributed by atoms with Crippen LogP contribution in [-0.2, 0) is 0 Å². The zero-order chi connectivity index (χ0) is 19.4. The highest BCUT2D eigenvalue weighted by Gasteiger charge is 2.27. The molecule has 2 heterocycles. The molecule has 2 aromatic rings. The second kappa shape index (κ2) is 8.17. The highest BCUT2D eigenvalue weighted by molar-refractivity contribution is 6.32. The van der Waals surface area contributed by atoms with Crippen molar-refractivity contribution in [3.8, 4) is 11.8 Å². The first-order valence-electron chi connectivity index (χ1n) is 8.25. The van der Waals surface area contributed by atoms with E-state index in [2.05, 4.69) is 10.2 Å². The number of piperidine rings is 1. The van der Waals surface area contributed by atoms with Crippen molar-refractivity contribution in [2.75, 3.05) is 20.2 Å². The van der Waals surface area contributed by atoms with Crippen LogP contribution in [0.15, 0.2) is 30.3 Å². The lowest BCUT2D eigenvalue weighted by Gasteiger charge is -2.32. The molecule has 10 heteroatoms. The van der Waals surface area contributed by atoms with Crippen LogP contribution in [0.3, 0.4) is 0 Å². The van der Waals surface area contributed by atoms with Crippen LogP contribution >= 0.6 is 11.6 Å². The van der Waals surface area contributed by atoms with Gasteiger partial charge in [-0.2, -0.15) is 0 Å². The minimum Gasteiger partial charge on any atom is -0.480 e. The molecule has 1 saturated heterocycles. The molecule has 1 atom stereocenters. The van der Waals surface area contributed by atoms with E-state index in [4.69, 9.17) is 21.1 Å². The number of benzene rings is 1. The van der Waals surface area contributed by atoms with Crippen LogP contribution in [0.5, 0.6) is 11.8 Å². The normalized spacial score (nSPS) is 16.7. The standard InChI is InChI=1S/C17H17ClN4O5/c1-26-15-6-7-16(20-19-15)27-12-3-2-8-21(10-12)17(23)11-4-5-13(18)14(9-11)22(24)25/h4-7,9,12H,2-3,8,10H2,1H3. The number of carbonyl (C=O) groups excluding carboxylic acids is 1. The average Bonchev–Trinajstić information content (AvgIpc) is 2.68. The monoisotopic (exact) mass is 392 g/mol. The zero-order valence-corrected chi connectivity index (χ0v) is 15.3. The lowest BCUT2D eigenvalue weighted by Crippen LogP contribution is -2.44. The summed E-state index contributed by atoms with van der Waals surface area (Å²) in [7, 11) is 1.50. The Morgan fingerprint density at radius 2 is 2.04 bits per heavy atom. The molecule has 9 nitrogen and oxygen atoms in total. The topological polar surface area (TPSA) is 108 Å². The zero-order valence-electron chi connectivity index (χ0n) is 14.5. The van der Waals surface area contributed by atoms with Gasteiger partial charge in [-0.15, -0.1) is 10.2 Å².